The lowest BCUT2D eigenvalue weighted by Gasteiger charge is -2.27. The van der Waals surface area contributed by atoms with E-state index in [9.17, 15) is 0 Å². The fourth-order valence-corrected chi connectivity index (χ4v) is 3.17. The summed E-state index contributed by atoms with van der Waals surface area (Å²) in [5.74, 6) is 0. The molecule has 0 aromatic heterocycles. The lowest BCUT2D eigenvalue weighted by Crippen LogP contribution is -2.27. The maximum Gasteiger partial charge on any atom is 0.0411 e. The van der Waals surface area contributed by atoms with Gasteiger partial charge in [0.25, 0.3) is 0 Å². The van der Waals surface area contributed by atoms with E-state index in [0.717, 1.165) is 12.6 Å². The monoisotopic (exact) mass is 272 g/mol. The van der Waals surface area contributed by atoms with Crippen LogP contribution in [-0.4, -0.2) is 19.1 Å². The van der Waals surface area contributed by atoms with Gasteiger partial charge in [-0.15, -0.1) is 0 Å². The third-order valence-corrected chi connectivity index (χ3v) is 4.83. The van der Waals surface area contributed by atoms with E-state index in [1.807, 2.05) is 0 Å². The average molecular weight is 272 g/mol. The number of nitrogens with zero attached hydrogens (tertiary/aromatic N) is 1. The second-order valence-corrected chi connectivity index (χ2v) is 7.29. The van der Waals surface area contributed by atoms with Crippen molar-refractivity contribution < 1.29 is 0 Å². The summed E-state index contributed by atoms with van der Waals surface area (Å²) in [6, 6.07) is 9.75. The minimum absolute atomic E-state index is 0.510. The number of benzene rings is 1. The van der Waals surface area contributed by atoms with Crippen molar-refractivity contribution in [2.45, 2.75) is 58.5 Å². The molecule has 1 aromatic rings. The highest BCUT2D eigenvalue weighted by atomic mass is 15.1. The molecule has 1 aromatic carbocycles. The SMILES string of the molecule is CC1(C)CCCN(c2ccccc2CNC2CC2)CC1. The van der Waals surface area contributed by atoms with Crippen LogP contribution in [0.5, 0.6) is 0 Å². The van der Waals surface area contributed by atoms with Crippen molar-refractivity contribution >= 4 is 5.69 Å². The van der Waals surface area contributed by atoms with Gasteiger partial charge in [0.15, 0.2) is 0 Å². The van der Waals surface area contributed by atoms with E-state index < -0.39 is 0 Å². The molecule has 1 aliphatic heterocycles. The smallest absolute Gasteiger partial charge is 0.0411 e. The van der Waals surface area contributed by atoms with Crippen molar-refractivity contribution in [3.63, 3.8) is 0 Å². The predicted molar refractivity (Wildman–Crippen MR) is 86.1 cm³/mol. The summed E-state index contributed by atoms with van der Waals surface area (Å²) in [5.41, 5.74) is 3.44. The Hall–Kier alpha value is -1.02. The van der Waals surface area contributed by atoms with Crippen LogP contribution < -0.4 is 10.2 Å². The molecule has 0 amide bonds. The van der Waals surface area contributed by atoms with E-state index in [0.29, 0.717) is 5.41 Å². The second-order valence-electron chi connectivity index (χ2n) is 7.29. The van der Waals surface area contributed by atoms with Gasteiger partial charge in [0, 0.05) is 31.4 Å². The molecule has 3 rings (SSSR count). The highest BCUT2D eigenvalue weighted by molar-refractivity contribution is 5.53. The average Bonchev–Trinajstić information content (AvgIpc) is 3.25. The summed E-state index contributed by atoms with van der Waals surface area (Å²) in [7, 11) is 0. The third-order valence-electron chi connectivity index (χ3n) is 4.83. The molecule has 2 heteroatoms. The minimum atomic E-state index is 0.510. The zero-order chi connectivity index (χ0) is 14.0. The van der Waals surface area contributed by atoms with Gasteiger partial charge in [0.05, 0.1) is 0 Å². The van der Waals surface area contributed by atoms with Gasteiger partial charge in [-0.3, -0.25) is 0 Å². The van der Waals surface area contributed by atoms with Gasteiger partial charge in [-0.25, -0.2) is 0 Å². The van der Waals surface area contributed by atoms with E-state index in [4.69, 9.17) is 0 Å². The molecule has 110 valence electrons. The fourth-order valence-electron chi connectivity index (χ4n) is 3.17. The molecule has 0 atom stereocenters. The van der Waals surface area contributed by atoms with Gasteiger partial charge in [-0.2, -0.15) is 0 Å². The Bertz CT molecular complexity index is 448. The molecule has 2 fully saturated rings. The summed E-state index contributed by atoms with van der Waals surface area (Å²) >= 11 is 0. The second kappa shape index (κ2) is 5.77. The Balaban J connectivity index is 1.71. The van der Waals surface area contributed by atoms with E-state index in [1.165, 1.54) is 56.4 Å². The van der Waals surface area contributed by atoms with Crippen molar-refractivity contribution in [3.8, 4) is 0 Å². The first-order chi connectivity index (χ1) is 9.64. The number of hydrogen-bond acceptors (Lipinski definition) is 2. The first-order valence-electron chi connectivity index (χ1n) is 8.20. The highest BCUT2D eigenvalue weighted by Crippen LogP contribution is 2.33. The van der Waals surface area contributed by atoms with Gasteiger partial charge in [-0.1, -0.05) is 32.0 Å². The van der Waals surface area contributed by atoms with Crippen LogP contribution in [0.1, 0.15) is 51.5 Å². The molecule has 0 bridgehead atoms. The topological polar surface area (TPSA) is 15.3 Å². The maximum atomic E-state index is 3.66. The van der Waals surface area contributed by atoms with E-state index in [1.54, 1.807) is 0 Å². The number of hydrogen-bond donors (Lipinski definition) is 1. The van der Waals surface area contributed by atoms with Gasteiger partial charge < -0.3 is 10.2 Å². The molecule has 1 aliphatic carbocycles. The van der Waals surface area contributed by atoms with Crippen LogP contribution in [0.4, 0.5) is 5.69 Å². The molecule has 0 spiro atoms. The lowest BCUT2D eigenvalue weighted by atomic mass is 9.85. The molecular weight excluding hydrogens is 244 g/mol. The van der Waals surface area contributed by atoms with Gasteiger partial charge in [0.2, 0.25) is 0 Å². The summed E-state index contributed by atoms with van der Waals surface area (Å²) in [6.07, 6.45) is 6.70. The molecule has 0 radical (unpaired) electrons. The lowest BCUT2D eigenvalue weighted by molar-refractivity contribution is 0.325. The Morgan fingerprint density at radius 2 is 1.95 bits per heavy atom. The van der Waals surface area contributed by atoms with E-state index in [2.05, 4.69) is 48.3 Å². The van der Waals surface area contributed by atoms with Gasteiger partial charge >= 0.3 is 0 Å². The zero-order valence-electron chi connectivity index (χ0n) is 13.0. The van der Waals surface area contributed by atoms with Crippen LogP contribution in [0.25, 0.3) is 0 Å². The molecule has 2 aliphatic rings. The molecule has 1 heterocycles. The van der Waals surface area contributed by atoms with Gasteiger partial charge in [0.1, 0.15) is 0 Å². The molecule has 2 nitrogen and oxygen atoms in total. The standard InChI is InChI=1S/C18H28N2/c1-18(2)10-5-12-20(13-11-18)17-7-4-3-6-15(17)14-19-16-8-9-16/h3-4,6-7,16,19H,5,8-14H2,1-2H3. The Labute approximate surface area is 123 Å². The van der Waals surface area contributed by atoms with Crippen LogP contribution >= 0.6 is 0 Å². The molecule has 1 saturated heterocycles. The van der Waals surface area contributed by atoms with Crippen LogP contribution in [0, 0.1) is 5.41 Å². The molecule has 20 heavy (non-hydrogen) atoms. The first kappa shape index (κ1) is 13.9. The Morgan fingerprint density at radius 1 is 1.15 bits per heavy atom. The predicted octanol–water partition coefficient (Wildman–Crippen LogP) is 3.96. The third kappa shape index (κ3) is 3.54. The largest absolute Gasteiger partial charge is 0.371 e. The van der Waals surface area contributed by atoms with Crippen LogP contribution in [0.3, 0.4) is 0 Å². The van der Waals surface area contributed by atoms with Crippen LogP contribution in [0.2, 0.25) is 0 Å². The van der Waals surface area contributed by atoms with E-state index in [-0.39, 0.29) is 0 Å². The number of nitrogens with one attached hydrogen (secondary N) is 1. The van der Waals surface area contributed by atoms with Crippen molar-refractivity contribution in [2.24, 2.45) is 5.41 Å². The summed E-state index contributed by atoms with van der Waals surface area (Å²) < 4.78 is 0. The van der Waals surface area contributed by atoms with Gasteiger partial charge in [-0.05, 0) is 49.1 Å². The van der Waals surface area contributed by atoms with Crippen molar-refractivity contribution in [1.82, 2.24) is 5.32 Å². The normalized spacial score (nSPS) is 22.6. The molecule has 1 N–H and O–H groups in total. The summed E-state index contributed by atoms with van der Waals surface area (Å²) in [4.78, 5) is 2.61. The number of anilines is 1. The highest BCUT2D eigenvalue weighted by Gasteiger charge is 2.24. The Kier molecular flexibility index (Phi) is 4.02. The zero-order valence-corrected chi connectivity index (χ0v) is 13.0. The van der Waals surface area contributed by atoms with Crippen molar-refractivity contribution in [1.29, 1.82) is 0 Å². The van der Waals surface area contributed by atoms with Crippen LogP contribution in [0.15, 0.2) is 24.3 Å². The van der Waals surface area contributed by atoms with Crippen LogP contribution in [-0.2, 0) is 6.54 Å². The molecular formula is C18H28N2. The van der Waals surface area contributed by atoms with Crippen molar-refractivity contribution in [3.05, 3.63) is 29.8 Å². The van der Waals surface area contributed by atoms with Crippen molar-refractivity contribution in [2.75, 3.05) is 18.0 Å². The number of para-hydroxylation sites is 1. The molecule has 0 unspecified atom stereocenters. The maximum absolute atomic E-state index is 3.66. The fraction of sp³-hybridized carbons (Fsp3) is 0.667. The number of rotatable bonds is 4. The molecule has 1 saturated carbocycles. The van der Waals surface area contributed by atoms with E-state index >= 15 is 0 Å². The first-order valence-corrected chi connectivity index (χ1v) is 8.20. The Morgan fingerprint density at radius 3 is 2.75 bits per heavy atom. The summed E-state index contributed by atoms with van der Waals surface area (Å²) in [5, 5.41) is 3.66. The quantitative estimate of drug-likeness (QED) is 0.892. The minimum Gasteiger partial charge on any atom is -0.371 e. The summed E-state index contributed by atoms with van der Waals surface area (Å²) in [6.45, 7) is 8.27.